The predicted octanol–water partition coefficient (Wildman–Crippen LogP) is 2.55. The fourth-order valence-electron chi connectivity index (χ4n) is 2.54. The van der Waals surface area contributed by atoms with Crippen LogP contribution in [0.15, 0.2) is 53.1 Å². The summed E-state index contributed by atoms with van der Waals surface area (Å²) in [7, 11) is 1.42. The number of benzene rings is 2. The van der Waals surface area contributed by atoms with Gasteiger partial charge in [-0.1, -0.05) is 18.2 Å². The molecule has 3 rings (SSSR count). The van der Waals surface area contributed by atoms with E-state index in [9.17, 15) is 19.8 Å². The molecule has 2 amide bonds. The highest BCUT2D eigenvalue weighted by Crippen LogP contribution is 2.29. The lowest BCUT2D eigenvalue weighted by atomic mass is 10.1. The number of phenolic OH excluding ortho intramolecular Hbond substituents is 2. The van der Waals surface area contributed by atoms with Crippen molar-refractivity contribution in [3.63, 3.8) is 0 Å². The first-order valence-electron chi connectivity index (χ1n) is 7.73. The molecule has 1 heterocycles. The summed E-state index contributed by atoms with van der Waals surface area (Å²) in [5, 5.41) is 24.2. The molecule has 2 N–H and O–H groups in total. The number of hydrazone groups is 1. The van der Waals surface area contributed by atoms with E-state index in [4.69, 9.17) is 4.74 Å². The third-order valence-electron chi connectivity index (χ3n) is 3.90. The van der Waals surface area contributed by atoms with Crippen LogP contribution >= 0.6 is 0 Å². The maximum Gasteiger partial charge on any atom is 0.285 e. The quantitative estimate of drug-likeness (QED) is 0.653. The van der Waals surface area contributed by atoms with E-state index in [0.717, 1.165) is 5.01 Å². The van der Waals surface area contributed by atoms with Crippen LogP contribution in [0.4, 0.5) is 0 Å². The first-order valence-corrected chi connectivity index (χ1v) is 7.73. The maximum absolute atomic E-state index is 12.6. The Morgan fingerprint density at radius 2 is 1.88 bits per heavy atom. The highest BCUT2D eigenvalue weighted by molar-refractivity contribution is 6.30. The molecule has 0 bridgehead atoms. The molecule has 7 heteroatoms. The van der Waals surface area contributed by atoms with E-state index >= 15 is 0 Å². The van der Waals surface area contributed by atoms with Crippen molar-refractivity contribution in [1.29, 1.82) is 0 Å². The second-order valence-corrected chi connectivity index (χ2v) is 5.61. The SMILES string of the molecule is COc1cc(/C=C2/C(=O)N(C(=O)c3ccccc3O)N=C2C)ccc1O. The van der Waals surface area contributed by atoms with Gasteiger partial charge in [0.25, 0.3) is 11.8 Å². The van der Waals surface area contributed by atoms with Crippen LogP contribution in [0.5, 0.6) is 17.2 Å². The number of imide groups is 1. The molecule has 7 nitrogen and oxygen atoms in total. The number of para-hydroxylation sites is 1. The number of hydrogen-bond acceptors (Lipinski definition) is 6. The van der Waals surface area contributed by atoms with Crippen molar-refractivity contribution in [2.45, 2.75) is 6.92 Å². The molecule has 0 spiro atoms. The van der Waals surface area contributed by atoms with Gasteiger partial charge >= 0.3 is 0 Å². The van der Waals surface area contributed by atoms with Crippen LogP contribution in [0.2, 0.25) is 0 Å². The van der Waals surface area contributed by atoms with Gasteiger partial charge in [-0.15, -0.1) is 0 Å². The summed E-state index contributed by atoms with van der Waals surface area (Å²) in [6.07, 6.45) is 1.56. The number of ether oxygens (including phenoxy) is 1. The highest BCUT2D eigenvalue weighted by atomic mass is 16.5. The Labute approximate surface area is 149 Å². The van der Waals surface area contributed by atoms with Gasteiger partial charge in [0.15, 0.2) is 11.5 Å². The van der Waals surface area contributed by atoms with Crippen LogP contribution in [0.25, 0.3) is 6.08 Å². The van der Waals surface area contributed by atoms with Crippen LogP contribution < -0.4 is 4.74 Å². The molecule has 0 fully saturated rings. The van der Waals surface area contributed by atoms with Crippen molar-refractivity contribution in [2.75, 3.05) is 7.11 Å². The molecule has 0 aliphatic carbocycles. The molecule has 0 aromatic heterocycles. The summed E-state index contributed by atoms with van der Waals surface area (Å²) < 4.78 is 5.05. The molecule has 1 aliphatic rings. The molecule has 0 saturated carbocycles. The van der Waals surface area contributed by atoms with Crippen LogP contribution in [0.1, 0.15) is 22.8 Å². The third-order valence-corrected chi connectivity index (χ3v) is 3.90. The van der Waals surface area contributed by atoms with Gasteiger partial charge in [-0.2, -0.15) is 10.1 Å². The molecule has 1 aliphatic heterocycles. The second kappa shape index (κ2) is 6.72. The molecule has 26 heavy (non-hydrogen) atoms. The lowest BCUT2D eigenvalue weighted by Gasteiger charge is -2.10. The van der Waals surface area contributed by atoms with Gasteiger partial charge in [0.05, 0.1) is 24.0 Å². The van der Waals surface area contributed by atoms with Gasteiger partial charge in [-0.25, -0.2) is 0 Å². The van der Waals surface area contributed by atoms with Gasteiger partial charge in [-0.05, 0) is 42.8 Å². The number of rotatable bonds is 3. The minimum absolute atomic E-state index is 0.00930. The average molecular weight is 352 g/mol. The highest BCUT2D eigenvalue weighted by Gasteiger charge is 2.33. The van der Waals surface area contributed by atoms with E-state index in [1.165, 1.54) is 25.3 Å². The van der Waals surface area contributed by atoms with Crippen molar-refractivity contribution < 1.29 is 24.5 Å². The number of carbonyl (C=O) groups excluding carboxylic acids is 2. The minimum Gasteiger partial charge on any atom is -0.507 e. The monoisotopic (exact) mass is 352 g/mol. The number of phenols is 2. The number of nitrogens with zero attached hydrogens (tertiary/aromatic N) is 2. The van der Waals surface area contributed by atoms with Gasteiger partial charge in [0.2, 0.25) is 0 Å². The summed E-state index contributed by atoms with van der Waals surface area (Å²) in [4.78, 5) is 25.2. The molecule has 132 valence electrons. The fourth-order valence-corrected chi connectivity index (χ4v) is 2.54. The van der Waals surface area contributed by atoms with Crippen molar-refractivity contribution in [2.24, 2.45) is 5.10 Å². The predicted molar refractivity (Wildman–Crippen MR) is 95.0 cm³/mol. The number of methoxy groups -OCH3 is 1. The summed E-state index contributed by atoms with van der Waals surface area (Å²) in [6.45, 7) is 1.61. The van der Waals surface area contributed by atoms with Crippen molar-refractivity contribution in [3.8, 4) is 17.2 Å². The summed E-state index contributed by atoms with van der Waals surface area (Å²) in [5.74, 6) is -1.28. The molecule has 0 unspecified atom stereocenters. The van der Waals surface area contributed by atoms with Crippen molar-refractivity contribution in [3.05, 3.63) is 59.2 Å². The van der Waals surface area contributed by atoms with Gasteiger partial charge in [0, 0.05) is 0 Å². The molecule has 0 atom stereocenters. The van der Waals surface area contributed by atoms with Crippen LogP contribution in [0, 0.1) is 0 Å². The Balaban J connectivity index is 1.93. The first kappa shape index (κ1) is 17.2. The molecular weight excluding hydrogens is 336 g/mol. The molecule has 2 aromatic carbocycles. The van der Waals surface area contributed by atoms with E-state index < -0.39 is 11.8 Å². The second-order valence-electron chi connectivity index (χ2n) is 5.61. The standard InChI is InChI=1S/C19H16N2O5/c1-11-14(9-12-7-8-16(23)17(10-12)26-2)19(25)21(20-11)18(24)13-5-3-4-6-15(13)22/h3-10,22-23H,1-2H3/b14-9+. The summed E-state index contributed by atoms with van der Waals surface area (Å²) in [6, 6.07) is 10.6. The molecular formula is C19H16N2O5. The van der Waals surface area contributed by atoms with Crippen LogP contribution in [-0.2, 0) is 4.79 Å². The zero-order valence-electron chi connectivity index (χ0n) is 14.1. The Bertz CT molecular complexity index is 962. The molecule has 2 aromatic rings. The Morgan fingerprint density at radius 3 is 2.58 bits per heavy atom. The number of hydrogen-bond donors (Lipinski definition) is 2. The summed E-state index contributed by atoms with van der Waals surface area (Å²) in [5.41, 5.74) is 1.20. The zero-order chi connectivity index (χ0) is 18.8. The smallest absolute Gasteiger partial charge is 0.285 e. The van der Waals surface area contributed by atoms with E-state index in [-0.39, 0.29) is 28.4 Å². The van der Waals surface area contributed by atoms with E-state index in [1.54, 1.807) is 37.3 Å². The largest absolute Gasteiger partial charge is 0.507 e. The fraction of sp³-hybridized carbons (Fsp3) is 0.105. The Hall–Kier alpha value is -3.61. The number of aromatic hydroxyl groups is 2. The normalized spacial score (nSPS) is 15.3. The average Bonchev–Trinajstić information content (AvgIpc) is 2.91. The topological polar surface area (TPSA) is 99.4 Å². The van der Waals surface area contributed by atoms with Crippen LogP contribution in [0.3, 0.4) is 0 Å². The van der Waals surface area contributed by atoms with Gasteiger partial charge in [-0.3, -0.25) is 9.59 Å². The summed E-state index contributed by atoms with van der Waals surface area (Å²) >= 11 is 0. The maximum atomic E-state index is 12.6. The number of carbonyl (C=O) groups is 2. The lowest BCUT2D eigenvalue weighted by Crippen LogP contribution is -2.29. The third kappa shape index (κ3) is 3.02. The van der Waals surface area contributed by atoms with Crippen LogP contribution in [-0.4, -0.2) is 39.9 Å². The van der Waals surface area contributed by atoms with E-state index in [2.05, 4.69) is 5.10 Å². The van der Waals surface area contributed by atoms with Gasteiger partial charge < -0.3 is 14.9 Å². The minimum atomic E-state index is -0.709. The van der Waals surface area contributed by atoms with Crippen molar-refractivity contribution in [1.82, 2.24) is 5.01 Å². The van der Waals surface area contributed by atoms with E-state index in [1.807, 2.05) is 0 Å². The molecule has 0 radical (unpaired) electrons. The lowest BCUT2D eigenvalue weighted by molar-refractivity contribution is -0.123. The Kier molecular flexibility index (Phi) is 4.45. The number of amides is 2. The first-order chi connectivity index (χ1) is 12.4. The van der Waals surface area contributed by atoms with Crippen molar-refractivity contribution >= 4 is 23.6 Å². The molecule has 0 saturated heterocycles. The zero-order valence-corrected chi connectivity index (χ0v) is 14.1. The van der Waals surface area contributed by atoms with E-state index in [0.29, 0.717) is 11.3 Å². The Morgan fingerprint density at radius 1 is 1.15 bits per heavy atom. The van der Waals surface area contributed by atoms with Gasteiger partial charge in [0.1, 0.15) is 5.75 Å².